The first-order valence-corrected chi connectivity index (χ1v) is 7.51. The monoisotopic (exact) mass is 243 g/mol. The molecular weight excluding hydrogens is 218 g/mol. The highest BCUT2D eigenvalue weighted by Crippen LogP contribution is 2.47. The number of benzene rings is 1. The Balaban J connectivity index is 1.70. The predicted octanol–water partition coefficient (Wildman–Crippen LogP) is 3.65. The van der Waals surface area contributed by atoms with Gasteiger partial charge in [0.1, 0.15) is 0 Å². The van der Waals surface area contributed by atoms with Crippen molar-refractivity contribution < 1.29 is 0 Å². The molecule has 1 aromatic carbocycles. The normalized spacial score (nSPS) is 32.4. The zero-order chi connectivity index (χ0) is 12.4. The minimum atomic E-state index is 0.572. The Hall–Kier alpha value is -0.820. The van der Waals surface area contributed by atoms with Crippen LogP contribution in [-0.4, -0.2) is 13.1 Å². The summed E-state index contributed by atoms with van der Waals surface area (Å²) in [7, 11) is 0. The van der Waals surface area contributed by atoms with Crippen molar-refractivity contribution in [1.82, 2.24) is 5.32 Å². The number of hydrogen-bond donors (Lipinski definition) is 1. The van der Waals surface area contributed by atoms with Crippen molar-refractivity contribution in [2.75, 3.05) is 13.1 Å². The molecule has 0 bridgehead atoms. The van der Waals surface area contributed by atoms with E-state index in [1.807, 2.05) is 0 Å². The Morgan fingerprint density at radius 2 is 2.00 bits per heavy atom. The van der Waals surface area contributed by atoms with E-state index < -0.39 is 0 Å². The average molecular weight is 243 g/mol. The number of hydrogen-bond acceptors (Lipinski definition) is 1. The molecule has 2 aliphatic rings. The van der Waals surface area contributed by atoms with E-state index in [0.29, 0.717) is 5.41 Å². The molecule has 1 aliphatic carbocycles. The van der Waals surface area contributed by atoms with Crippen molar-refractivity contribution in [1.29, 1.82) is 0 Å². The molecular formula is C17H25N. The first kappa shape index (κ1) is 12.2. The largest absolute Gasteiger partial charge is 0.316 e. The Morgan fingerprint density at radius 3 is 2.72 bits per heavy atom. The van der Waals surface area contributed by atoms with E-state index >= 15 is 0 Å². The van der Waals surface area contributed by atoms with Gasteiger partial charge in [0.05, 0.1) is 0 Å². The van der Waals surface area contributed by atoms with Gasteiger partial charge in [-0.15, -0.1) is 0 Å². The maximum Gasteiger partial charge on any atom is -0.00121 e. The SMILES string of the molecule is CC1(CC2CC2)CCNCC1Cc1ccccc1. The Labute approximate surface area is 111 Å². The van der Waals surface area contributed by atoms with Gasteiger partial charge in [0, 0.05) is 0 Å². The molecule has 1 heteroatoms. The Morgan fingerprint density at radius 1 is 1.22 bits per heavy atom. The van der Waals surface area contributed by atoms with Crippen molar-refractivity contribution in [3.63, 3.8) is 0 Å². The molecule has 3 rings (SSSR count). The molecule has 18 heavy (non-hydrogen) atoms. The molecule has 0 aromatic heterocycles. The zero-order valence-electron chi connectivity index (χ0n) is 11.5. The highest BCUT2D eigenvalue weighted by Gasteiger charge is 2.40. The summed E-state index contributed by atoms with van der Waals surface area (Å²) in [5.41, 5.74) is 2.08. The highest BCUT2D eigenvalue weighted by molar-refractivity contribution is 5.16. The number of rotatable bonds is 4. The van der Waals surface area contributed by atoms with Crippen molar-refractivity contribution in [2.45, 2.75) is 39.0 Å². The van der Waals surface area contributed by atoms with Crippen molar-refractivity contribution in [3.8, 4) is 0 Å². The lowest BCUT2D eigenvalue weighted by Gasteiger charge is -2.42. The minimum absolute atomic E-state index is 0.572. The molecule has 0 amide bonds. The van der Waals surface area contributed by atoms with E-state index in [4.69, 9.17) is 0 Å². The Kier molecular flexibility index (Phi) is 3.43. The smallest absolute Gasteiger partial charge is 0.00121 e. The van der Waals surface area contributed by atoms with Gasteiger partial charge in [0.25, 0.3) is 0 Å². The van der Waals surface area contributed by atoms with Crippen LogP contribution in [0.4, 0.5) is 0 Å². The third-order valence-corrected chi connectivity index (χ3v) is 5.03. The van der Waals surface area contributed by atoms with Gasteiger partial charge >= 0.3 is 0 Å². The average Bonchev–Trinajstić information content (AvgIpc) is 3.17. The van der Waals surface area contributed by atoms with E-state index in [9.17, 15) is 0 Å². The van der Waals surface area contributed by atoms with Crippen LogP contribution >= 0.6 is 0 Å². The van der Waals surface area contributed by atoms with Crippen LogP contribution in [0, 0.1) is 17.3 Å². The second-order valence-corrected chi connectivity index (χ2v) is 6.64. The third-order valence-electron chi connectivity index (χ3n) is 5.03. The zero-order valence-corrected chi connectivity index (χ0v) is 11.5. The fraction of sp³-hybridized carbons (Fsp3) is 0.647. The van der Waals surface area contributed by atoms with Crippen LogP contribution in [-0.2, 0) is 6.42 Å². The van der Waals surface area contributed by atoms with Crippen molar-refractivity contribution in [3.05, 3.63) is 35.9 Å². The second kappa shape index (κ2) is 5.05. The van der Waals surface area contributed by atoms with E-state index in [-0.39, 0.29) is 0 Å². The van der Waals surface area contributed by atoms with Gasteiger partial charge in [0.2, 0.25) is 0 Å². The number of nitrogens with one attached hydrogen (secondary N) is 1. The Bertz CT molecular complexity index is 382. The third kappa shape index (κ3) is 2.77. The minimum Gasteiger partial charge on any atom is -0.316 e. The van der Waals surface area contributed by atoms with E-state index in [1.165, 1.54) is 50.8 Å². The van der Waals surface area contributed by atoms with Gasteiger partial charge in [-0.05, 0) is 55.2 Å². The molecule has 0 radical (unpaired) electrons. The summed E-state index contributed by atoms with van der Waals surface area (Å²) >= 11 is 0. The summed E-state index contributed by atoms with van der Waals surface area (Å²) in [6.45, 7) is 4.96. The van der Waals surface area contributed by atoms with E-state index in [1.54, 1.807) is 0 Å². The molecule has 1 aliphatic heterocycles. The summed E-state index contributed by atoms with van der Waals surface area (Å²) in [4.78, 5) is 0. The summed E-state index contributed by atoms with van der Waals surface area (Å²) in [5.74, 6) is 1.86. The van der Waals surface area contributed by atoms with Gasteiger partial charge in [-0.25, -0.2) is 0 Å². The van der Waals surface area contributed by atoms with Gasteiger partial charge < -0.3 is 5.32 Å². The van der Waals surface area contributed by atoms with Crippen LogP contribution in [0.2, 0.25) is 0 Å². The lowest BCUT2D eigenvalue weighted by Crippen LogP contribution is -2.44. The molecule has 1 aromatic rings. The van der Waals surface area contributed by atoms with Crippen LogP contribution in [0.3, 0.4) is 0 Å². The number of piperidine rings is 1. The van der Waals surface area contributed by atoms with Crippen molar-refractivity contribution in [2.24, 2.45) is 17.3 Å². The summed E-state index contributed by atoms with van der Waals surface area (Å²) in [6.07, 6.45) is 7.05. The van der Waals surface area contributed by atoms with Crippen molar-refractivity contribution >= 4 is 0 Å². The van der Waals surface area contributed by atoms with Crippen LogP contribution in [0.15, 0.2) is 30.3 Å². The fourth-order valence-corrected chi connectivity index (χ4v) is 3.57. The standard InChI is InChI=1S/C17H25N/c1-17(12-15-7-8-15)9-10-18-13-16(17)11-14-5-3-2-4-6-14/h2-6,15-16,18H,7-13H2,1H3. The molecule has 2 unspecified atom stereocenters. The molecule has 1 saturated carbocycles. The molecule has 1 saturated heterocycles. The van der Waals surface area contributed by atoms with Gasteiger partial charge in [0.15, 0.2) is 0 Å². The van der Waals surface area contributed by atoms with Gasteiger partial charge in [-0.1, -0.05) is 50.1 Å². The first-order valence-electron chi connectivity index (χ1n) is 7.51. The molecule has 1 nitrogen and oxygen atoms in total. The summed E-state index contributed by atoms with van der Waals surface area (Å²) < 4.78 is 0. The molecule has 1 N–H and O–H groups in total. The lowest BCUT2D eigenvalue weighted by atomic mass is 9.67. The first-order chi connectivity index (χ1) is 8.76. The highest BCUT2D eigenvalue weighted by atomic mass is 14.9. The second-order valence-electron chi connectivity index (χ2n) is 6.64. The van der Waals surface area contributed by atoms with Gasteiger partial charge in [-0.2, -0.15) is 0 Å². The topological polar surface area (TPSA) is 12.0 Å². The summed E-state index contributed by atoms with van der Waals surface area (Å²) in [6, 6.07) is 11.0. The van der Waals surface area contributed by atoms with Crippen LogP contribution in [0.25, 0.3) is 0 Å². The molecule has 0 spiro atoms. The quantitative estimate of drug-likeness (QED) is 0.851. The predicted molar refractivity (Wildman–Crippen MR) is 76.6 cm³/mol. The van der Waals surface area contributed by atoms with Crippen LogP contribution < -0.4 is 5.32 Å². The maximum atomic E-state index is 3.60. The lowest BCUT2D eigenvalue weighted by molar-refractivity contribution is 0.110. The van der Waals surface area contributed by atoms with Gasteiger partial charge in [-0.3, -0.25) is 0 Å². The maximum absolute atomic E-state index is 3.60. The van der Waals surface area contributed by atoms with Crippen LogP contribution in [0.5, 0.6) is 0 Å². The molecule has 2 atom stereocenters. The molecule has 1 heterocycles. The molecule has 2 fully saturated rings. The summed E-state index contributed by atoms with van der Waals surface area (Å²) in [5, 5.41) is 3.60. The molecule has 98 valence electrons. The van der Waals surface area contributed by atoms with E-state index in [2.05, 4.69) is 42.6 Å². The fourth-order valence-electron chi connectivity index (χ4n) is 3.57. The van der Waals surface area contributed by atoms with Crippen LogP contribution in [0.1, 0.15) is 38.2 Å². The van der Waals surface area contributed by atoms with E-state index in [0.717, 1.165) is 11.8 Å².